The number of ether oxygens (including phenoxy) is 1. The van der Waals surface area contributed by atoms with Crippen molar-refractivity contribution in [3.05, 3.63) is 6.33 Å². The van der Waals surface area contributed by atoms with Crippen molar-refractivity contribution in [3.63, 3.8) is 0 Å². The molecule has 1 fully saturated rings. The molecule has 1 aromatic heterocycles. The molecule has 0 bridgehead atoms. The van der Waals surface area contributed by atoms with Gasteiger partial charge in [0.05, 0.1) is 7.11 Å². The topological polar surface area (TPSA) is 67.4 Å². The normalized spacial score (nSPS) is 22.5. The molecule has 1 saturated heterocycles. The lowest BCUT2D eigenvalue weighted by molar-refractivity contribution is -0.118. The molecule has 0 aliphatic carbocycles. The number of hydrogen-bond acceptors (Lipinski definition) is 5. The van der Waals surface area contributed by atoms with E-state index in [1.54, 1.807) is 0 Å². The first-order valence-corrected chi connectivity index (χ1v) is 5.78. The third kappa shape index (κ3) is 1.51. The van der Waals surface area contributed by atoms with Crippen molar-refractivity contribution in [2.75, 3.05) is 23.9 Å². The molecule has 0 radical (unpaired) electrons. The molecule has 17 heavy (non-hydrogen) atoms. The Morgan fingerprint density at radius 2 is 2.35 bits per heavy atom. The summed E-state index contributed by atoms with van der Waals surface area (Å²) in [7, 11) is 1.54. The fourth-order valence-corrected chi connectivity index (χ4v) is 2.51. The number of nitrogens with one attached hydrogen (secondary N) is 1. The minimum absolute atomic E-state index is 0.0188. The largest absolute Gasteiger partial charge is 0.479 e. The Morgan fingerprint density at radius 1 is 1.47 bits per heavy atom. The van der Waals surface area contributed by atoms with E-state index in [2.05, 4.69) is 20.2 Å². The molecule has 1 N–H and O–H groups in total. The van der Waals surface area contributed by atoms with Crippen molar-refractivity contribution < 1.29 is 9.53 Å². The van der Waals surface area contributed by atoms with E-state index in [1.807, 2.05) is 0 Å². The van der Waals surface area contributed by atoms with Crippen molar-refractivity contribution in [3.8, 4) is 5.88 Å². The van der Waals surface area contributed by atoms with E-state index in [1.165, 1.54) is 13.4 Å². The zero-order chi connectivity index (χ0) is 11.8. The summed E-state index contributed by atoms with van der Waals surface area (Å²) in [5.41, 5.74) is 0.596. The summed E-state index contributed by atoms with van der Waals surface area (Å²) < 4.78 is 5.15. The minimum Gasteiger partial charge on any atom is -0.479 e. The molecule has 1 aromatic rings. The van der Waals surface area contributed by atoms with Crippen LogP contribution in [0.5, 0.6) is 5.88 Å². The second-order valence-corrected chi connectivity index (χ2v) is 4.28. The van der Waals surface area contributed by atoms with Crippen molar-refractivity contribution in [2.45, 2.75) is 25.3 Å². The number of nitrogens with zero attached hydrogens (tertiary/aromatic N) is 3. The third-order valence-electron chi connectivity index (χ3n) is 3.31. The lowest BCUT2D eigenvalue weighted by Gasteiger charge is -2.39. The molecule has 0 saturated carbocycles. The summed E-state index contributed by atoms with van der Waals surface area (Å²) in [5.74, 6) is 1.22. The first kappa shape index (κ1) is 10.3. The molecule has 2 aliphatic rings. The zero-order valence-corrected chi connectivity index (χ0v) is 9.64. The average molecular weight is 234 g/mol. The van der Waals surface area contributed by atoms with Crippen LogP contribution in [0.2, 0.25) is 0 Å². The van der Waals surface area contributed by atoms with E-state index < -0.39 is 0 Å². The molecule has 3 heterocycles. The predicted molar refractivity (Wildman–Crippen MR) is 62.2 cm³/mol. The number of piperidine rings is 1. The zero-order valence-electron chi connectivity index (χ0n) is 9.64. The molecule has 2 aliphatic heterocycles. The van der Waals surface area contributed by atoms with Gasteiger partial charge in [0, 0.05) is 6.54 Å². The predicted octanol–water partition coefficient (Wildman–Crippen LogP) is 0.796. The summed E-state index contributed by atoms with van der Waals surface area (Å²) >= 11 is 0. The summed E-state index contributed by atoms with van der Waals surface area (Å²) in [4.78, 5) is 22.3. The number of amides is 1. The lowest BCUT2D eigenvalue weighted by atomic mass is 9.99. The number of anilines is 2. The standard InChI is InChI=1S/C11H14N4O2/c1-17-11-8-9(12-6-13-11)15-5-3-2-4-7(15)10(16)14-8/h6-7H,2-5H2,1H3,(H,14,16). The molecule has 0 spiro atoms. The highest BCUT2D eigenvalue weighted by molar-refractivity contribution is 6.04. The number of hydrogen-bond donors (Lipinski definition) is 1. The smallest absolute Gasteiger partial charge is 0.247 e. The fourth-order valence-electron chi connectivity index (χ4n) is 2.51. The molecule has 1 unspecified atom stereocenters. The van der Waals surface area contributed by atoms with Gasteiger partial charge in [0.25, 0.3) is 0 Å². The van der Waals surface area contributed by atoms with Gasteiger partial charge in [-0.25, -0.2) is 4.98 Å². The van der Waals surface area contributed by atoms with Crippen LogP contribution in [-0.2, 0) is 4.79 Å². The first-order valence-electron chi connectivity index (χ1n) is 5.78. The molecule has 1 atom stereocenters. The Hall–Kier alpha value is -1.85. The van der Waals surface area contributed by atoms with Crippen molar-refractivity contribution in [1.29, 1.82) is 0 Å². The van der Waals surface area contributed by atoms with Crippen LogP contribution in [0, 0.1) is 0 Å². The summed E-state index contributed by atoms with van der Waals surface area (Å²) in [6, 6.07) is -0.0872. The summed E-state index contributed by atoms with van der Waals surface area (Å²) in [5, 5.41) is 2.85. The average Bonchev–Trinajstić information content (AvgIpc) is 2.39. The van der Waals surface area contributed by atoms with Gasteiger partial charge in [-0.2, -0.15) is 4.98 Å². The van der Waals surface area contributed by atoms with Crippen LogP contribution in [0.15, 0.2) is 6.33 Å². The van der Waals surface area contributed by atoms with Gasteiger partial charge >= 0.3 is 0 Å². The Bertz CT molecular complexity index is 463. The second-order valence-electron chi connectivity index (χ2n) is 4.28. The van der Waals surface area contributed by atoms with Crippen LogP contribution < -0.4 is 15.0 Å². The van der Waals surface area contributed by atoms with E-state index in [0.29, 0.717) is 11.6 Å². The second kappa shape index (κ2) is 3.87. The van der Waals surface area contributed by atoms with E-state index >= 15 is 0 Å². The highest BCUT2D eigenvalue weighted by Gasteiger charge is 2.37. The minimum atomic E-state index is -0.0872. The van der Waals surface area contributed by atoms with Crippen LogP contribution in [0.1, 0.15) is 19.3 Å². The Balaban J connectivity index is 2.08. The highest BCUT2D eigenvalue weighted by Crippen LogP contribution is 2.38. The number of carbonyl (C=O) groups excluding carboxylic acids is 1. The summed E-state index contributed by atoms with van der Waals surface area (Å²) in [6.07, 6.45) is 4.54. The number of methoxy groups -OCH3 is 1. The maximum absolute atomic E-state index is 12.0. The maximum atomic E-state index is 12.0. The van der Waals surface area contributed by atoms with Gasteiger partial charge in [-0.05, 0) is 19.3 Å². The van der Waals surface area contributed by atoms with E-state index in [9.17, 15) is 4.79 Å². The fraction of sp³-hybridized carbons (Fsp3) is 0.545. The van der Waals surface area contributed by atoms with Gasteiger partial charge in [-0.3, -0.25) is 4.79 Å². The van der Waals surface area contributed by atoms with Crippen LogP contribution in [0.4, 0.5) is 11.5 Å². The van der Waals surface area contributed by atoms with Gasteiger partial charge in [0.15, 0.2) is 5.82 Å². The number of fused-ring (bicyclic) bond motifs is 3. The molecular weight excluding hydrogens is 220 g/mol. The van der Waals surface area contributed by atoms with E-state index in [4.69, 9.17) is 4.74 Å². The quantitative estimate of drug-likeness (QED) is 0.778. The number of aromatic nitrogens is 2. The molecule has 6 heteroatoms. The van der Waals surface area contributed by atoms with Crippen LogP contribution >= 0.6 is 0 Å². The molecule has 3 rings (SSSR count). The third-order valence-corrected chi connectivity index (χ3v) is 3.31. The monoisotopic (exact) mass is 234 g/mol. The van der Waals surface area contributed by atoms with Gasteiger partial charge in [0.2, 0.25) is 11.8 Å². The van der Waals surface area contributed by atoms with Crippen molar-refractivity contribution in [1.82, 2.24) is 9.97 Å². The van der Waals surface area contributed by atoms with E-state index in [-0.39, 0.29) is 11.9 Å². The SMILES string of the molecule is COc1ncnc2c1NC(=O)C1CCCCN21. The number of rotatable bonds is 1. The molecular formula is C11H14N4O2. The van der Waals surface area contributed by atoms with Gasteiger partial charge in [-0.1, -0.05) is 0 Å². The molecule has 0 aromatic carbocycles. The Morgan fingerprint density at radius 3 is 3.18 bits per heavy atom. The van der Waals surface area contributed by atoms with Gasteiger partial charge < -0.3 is 15.0 Å². The van der Waals surface area contributed by atoms with Crippen LogP contribution in [0.3, 0.4) is 0 Å². The van der Waals surface area contributed by atoms with Gasteiger partial charge in [0.1, 0.15) is 18.1 Å². The summed E-state index contributed by atoms with van der Waals surface area (Å²) in [6.45, 7) is 0.866. The lowest BCUT2D eigenvalue weighted by Crippen LogP contribution is -2.51. The highest BCUT2D eigenvalue weighted by atomic mass is 16.5. The molecule has 1 amide bonds. The Kier molecular flexibility index (Phi) is 2.35. The van der Waals surface area contributed by atoms with Crippen molar-refractivity contribution in [2.24, 2.45) is 0 Å². The van der Waals surface area contributed by atoms with Crippen LogP contribution in [-0.4, -0.2) is 35.6 Å². The van der Waals surface area contributed by atoms with Crippen LogP contribution in [0.25, 0.3) is 0 Å². The Labute approximate surface area is 99.0 Å². The van der Waals surface area contributed by atoms with Crippen molar-refractivity contribution >= 4 is 17.4 Å². The first-order chi connectivity index (χ1) is 8.31. The maximum Gasteiger partial charge on any atom is 0.247 e. The van der Waals surface area contributed by atoms with E-state index in [0.717, 1.165) is 31.6 Å². The molecule has 90 valence electrons. The van der Waals surface area contributed by atoms with Gasteiger partial charge in [-0.15, -0.1) is 0 Å². The molecule has 6 nitrogen and oxygen atoms in total. The number of carbonyl (C=O) groups is 1.